The Balaban J connectivity index is 1.51. The predicted octanol–water partition coefficient (Wildman–Crippen LogP) is 3.50. The third-order valence-corrected chi connectivity index (χ3v) is 6.47. The molecule has 6 rings (SSSR count). The van der Waals surface area contributed by atoms with Crippen molar-refractivity contribution in [1.82, 2.24) is 25.3 Å². The van der Waals surface area contributed by atoms with Gasteiger partial charge in [0.2, 0.25) is 0 Å². The first-order valence-corrected chi connectivity index (χ1v) is 10.8. The lowest BCUT2D eigenvalue weighted by atomic mass is 9.99. The van der Waals surface area contributed by atoms with E-state index in [-0.39, 0.29) is 0 Å². The number of nitrogens with one attached hydrogen (secondary N) is 1. The van der Waals surface area contributed by atoms with E-state index in [0.717, 1.165) is 29.9 Å². The molecule has 4 heterocycles. The van der Waals surface area contributed by atoms with Crippen molar-refractivity contribution in [3.8, 4) is 17.4 Å². The Morgan fingerprint density at radius 1 is 1.00 bits per heavy atom. The van der Waals surface area contributed by atoms with E-state index >= 15 is 0 Å². The highest BCUT2D eigenvalue weighted by Crippen LogP contribution is 2.33. The van der Waals surface area contributed by atoms with Crippen LogP contribution < -0.4 is 15.0 Å². The van der Waals surface area contributed by atoms with Crippen LogP contribution in [0.1, 0.15) is 18.4 Å². The lowest BCUT2D eigenvalue weighted by Crippen LogP contribution is -2.51. The van der Waals surface area contributed by atoms with Gasteiger partial charge in [-0.1, -0.05) is 36.4 Å². The lowest BCUT2D eigenvalue weighted by molar-refractivity contribution is 0.380. The smallest absolute Gasteiger partial charge is 0.320 e. The molecular weight excluding hydrogens is 388 g/mol. The van der Waals surface area contributed by atoms with Gasteiger partial charge in [-0.3, -0.25) is 0 Å². The van der Waals surface area contributed by atoms with Crippen LogP contribution in [0.2, 0.25) is 0 Å². The molecule has 0 radical (unpaired) electrons. The maximum atomic E-state index is 5.43. The van der Waals surface area contributed by atoms with Gasteiger partial charge in [-0.2, -0.15) is 9.97 Å². The molecule has 2 aliphatic heterocycles. The van der Waals surface area contributed by atoms with Gasteiger partial charge in [0.1, 0.15) is 5.82 Å². The highest BCUT2D eigenvalue weighted by Gasteiger charge is 2.33. The van der Waals surface area contributed by atoms with E-state index in [1.54, 1.807) is 7.11 Å². The minimum absolute atomic E-state index is 0.340. The second-order valence-electron chi connectivity index (χ2n) is 8.49. The van der Waals surface area contributed by atoms with Crippen molar-refractivity contribution < 1.29 is 4.74 Å². The van der Waals surface area contributed by atoms with Gasteiger partial charge in [0.15, 0.2) is 11.5 Å². The Labute approximate surface area is 180 Å². The van der Waals surface area contributed by atoms with E-state index < -0.39 is 0 Å². The molecule has 2 aromatic heterocycles. The van der Waals surface area contributed by atoms with Gasteiger partial charge in [-0.25, -0.2) is 9.97 Å². The number of methoxy groups -OCH3 is 1. The number of anilines is 1. The van der Waals surface area contributed by atoms with Crippen LogP contribution in [0.25, 0.3) is 33.2 Å². The fourth-order valence-corrected chi connectivity index (χ4v) is 5.03. The molecule has 2 aliphatic rings. The minimum Gasteiger partial charge on any atom is -0.467 e. The van der Waals surface area contributed by atoms with Crippen LogP contribution in [0.5, 0.6) is 6.01 Å². The SMILES string of the molecule is COc1nc(N2CC3CCC(C2)N3)c2cnc(-c3cccc4cccc(C)c34)nc2n1. The Kier molecular flexibility index (Phi) is 4.24. The molecule has 2 aromatic carbocycles. The number of ether oxygens (including phenoxy) is 1. The number of aryl methyl sites for hydroxylation is 1. The largest absolute Gasteiger partial charge is 0.467 e. The first-order chi connectivity index (χ1) is 15.2. The normalized spacial score (nSPS) is 20.5. The third-order valence-electron chi connectivity index (χ3n) is 6.47. The van der Waals surface area contributed by atoms with Crippen molar-refractivity contribution in [2.24, 2.45) is 0 Å². The summed E-state index contributed by atoms with van der Waals surface area (Å²) in [7, 11) is 1.60. The highest BCUT2D eigenvalue weighted by molar-refractivity contribution is 5.98. The van der Waals surface area contributed by atoms with Gasteiger partial charge < -0.3 is 15.0 Å². The highest BCUT2D eigenvalue weighted by atomic mass is 16.5. The van der Waals surface area contributed by atoms with E-state index in [4.69, 9.17) is 19.7 Å². The third kappa shape index (κ3) is 3.08. The average Bonchev–Trinajstić information content (AvgIpc) is 3.15. The Bertz CT molecular complexity index is 1290. The molecule has 2 atom stereocenters. The number of nitrogens with zero attached hydrogens (tertiary/aromatic N) is 5. The van der Waals surface area contributed by atoms with Gasteiger partial charge in [-0.15, -0.1) is 0 Å². The lowest BCUT2D eigenvalue weighted by Gasteiger charge is -2.34. The van der Waals surface area contributed by atoms with Crippen LogP contribution in [0, 0.1) is 6.92 Å². The van der Waals surface area contributed by atoms with Crippen molar-refractivity contribution in [3.63, 3.8) is 0 Å². The molecule has 0 spiro atoms. The van der Waals surface area contributed by atoms with Crippen LogP contribution in [0.15, 0.2) is 42.6 Å². The Morgan fingerprint density at radius 3 is 2.55 bits per heavy atom. The molecular formula is C24H24N6O. The molecule has 2 fully saturated rings. The maximum Gasteiger partial charge on any atom is 0.320 e. The van der Waals surface area contributed by atoms with Gasteiger partial charge in [-0.05, 0) is 36.1 Å². The molecule has 2 bridgehead atoms. The van der Waals surface area contributed by atoms with Gasteiger partial charge >= 0.3 is 6.01 Å². The number of aromatic nitrogens is 4. The zero-order valence-electron chi connectivity index (χ0n) is 17.7. The first-order valence-electron chi connectivity index (χ1n) is 10.8. The molecule has 0 aliphatic carbocycles. The Hall–Kier alpha value is -3.32. The molecule has 31 heavy (non-hydrogen) atoms. The zero-order valence-corrected chi connectivity index (χ0v) is 17.7. The van der Waals surface area contributed by atoms with E-state index in [1.807, 2.05) is 12.3 Å². The first kappa shape index (κ1) is 18.4. The van der Waals surface area contributed by atoms with Crippen LogP contribution in [0.4, 0.5) is 5.82 Å². The van der Waals surface area contributed by atoms with Crippen molar-refractivity contribution in [1.29, 1.82) is 0 Å². The summed E-state index contributed by atoms with van der Waals surface area (Å²) in [4.78, 5) is 21.2. The topological polar surface area (TPSA) is 76.1 Å². The zero-order chi connectivity index (χ0) is 20.9. The van der Waals surface area contributed by atoms with Crippen molar-refractivity contribution >= 4 is 27.6 Å². The number of hydrogen-bond acceptors (Lipinski definition) is 7. The second-order valence-corrected chi connectivity index (χ2v) is 8.49. The fraction of sp³-hybridized carbons (Fsp3) is 0.333. The summed E-state index contributed by atoms with van der Waals surface area (Å²) < 4.78 is 5.43. The van der Waals surface area contributed by atoms with E-state index in [0.29, 0.717) is 29.6 Å². The van der Waals surface area contributed by atoms with E-state index in [2.05, 4.69) is 52.5 Å². The summed E-state index contributed by atoms with van der Waals surface area (Å²) in [5, 5.41) is 6.89. The summed E-state index contributed by atoms with van der Waals surface area (Å²) >= 11 is 0. The standard InChI is InChI=1S/C24H24N6O/c1-14-5-3-6-15-7-4-8-18(20(14)15)21-25-11-19-22(27-21)28-24(31-2)29-23(19)30-12-16-9-10-17(13-30)26-16/h3-8,11,16-17,26H,9-10,12-13H2,1-2H3. The average molecular weight is 412 g/mol. The molecule has 156 valence electrons. The molecule has 0 amide bonds. The number of piperazine rings is 1. The molecule has 2 saturated heterocycles. The van der Waals surface area contributed by atoms with Gasteiger partial charge in [0, 0.05) is 36.9 Å². The van der Waals surface area contributed by atoms with Gasteiger partial charge in [0.25, 0.3) is 0 Å². The van der Waals surface area contributed by atoms with Crippen LogP contribution in [-0.2, 0) is 0 Å². The van der Waals surface area contributed by atoms with E-state index in [1.165, 1.54) is 29.2 Å². The summed E-state index contributed by atoms with van der Waals surface area (Å²) in [6.07, 6.45) is 4.29. The molecule has 7 nitrogen and oxygen atoms in total. The van der Waals surface area contributed by atoms with Gasteiger partial charge in [0.05, 0.1) is 12.5 Å². The number of hydrogen-bond donors (Lipinski definition) is 1. The maximum absolute atomic E-state index is 5.43. The predicted molar refractivity (Wildman–Crippen MR) is 122 cm³/mol. The summed E-state index contributed by atoms with van der Waals surface area (Å²) in [6.45, 7) is 3.97. The molecule has 7 heteroatoms. The van der Waals surface area contributed by atoms with Crippen LogP contribution in [-0.4, -0.2) is 52.2 Å². The number of fused-ring (bicyclic) bond motifs is 4. The summed E-state index contributed by atoms with van der Waals surface area (Å²) in [5.41, 5.74) is 2.83. The monoisotopic (exact) mass is 412 g/mol. The molecule has 4 aromatic rings. The fourth-order valence-electron chi connectivity index (χ4n) is 5.03. The number of benzene rings is 2. The molecule has 1 N–H and O–H groups in total. The molecule has 0 saturated carbocycles. The quantitative estimate of drug-likeness (QED) is 0.552. The van der Waals surface area contributed by atoms with Crippen LogP contribution in [0.3, 0.4) is 0 Å². The summed E-state index contributed by atoms with van der Waals surface area (Å²) in [6, 6.07) is 13.9. The van der Waals surface area contributed by atoms with Crippen LogP contribution >= 0.6 is 0 Å². The van der Waals surface area contributed by atoms with Crippen molar-refractivity contribution in [2.75, 3.05) is 25.1 Å². The second kappa shape index (κ2) is 7.13. The number of rotatable bonds is 3. The Morgan fingerprint density at radius 2 is 1.77 bits per heavy atom. The van der Waals surface area contributed by atoms with E-state index in [9.17, 15) is 0 Å². The van der Waals surface area contributed by atoms with Crippen molar-refractivity contribution in [3.05, 3.63) is 48.2 Å². The summed E-state index contributed by atoms with van der Waals surface area (Å²) in [5.74, 6) is 1.53. The molecule has 2 unspecified atom stereocenters. The minimum atomic E-state index is 0.340. The van der Waals surface area contributed by atoms with Crippen molar-refractivity contribution in [2.45, 2.75) is 31.8 Å².